The predicted molar refractivity (Wildman–Crippen MR) is 118 cm³/mol. The zero-order chi connectivity index (χ0) is 22.4. The number of nitrogens with zero attached hydrogens (tertiary/aromatic N) is 2. The van der Waals surface area contributed by atoms with Crippen LogP contribution in [0.3, 0.4) is 0 Å². The first kappa shape index (κ1) is 21.8. The van der Waals surface area contributed by atoms with Gasteiger partial charge < -0.3 is 20.8 Å². The molecular weight excluding hydrogens is 399 g/mol. The number of aromatic nitrogens is 3. The SMILES string of the molecule is Cc1cc(-c2nc(/C=C\C=N)[nH]c2-c2ccnc(NC(=O)NCC(C)O)c2)ccc1F. The maximum atomic E-state index is 13.8. The number of aliphatic hydroxyl groups excluding tert-OH is 1. The Morgan fingerprint density at radius 3 is 2.84 bits per heavy atom. The lowest BCUT2D eigenvalue weighted by Crippen LogP contribution is -2.34. The van der Waals surface area contributed by atoms with E-state index in [0.717, 1.165) is 11.8 Å². The zero-order valence-corrected chi connectivity index (χ0v) is 17.1. The van der Waals surface area contributed by atoms with Crippen molar-refractivity contribution < 1.29 is 14.3 Å². The van der Waals surface area contributed by atoms with Crippen LogP contribution < -0.4 is 10.6 Å². The molecule has 0 aliphatic heterocycles. The molecule has 3 aromatic rings. The molecule has 0 aliphatic rings. The summed E-state index contributed by atoms with van der Waals surface area (Å²) < 4.78 is 13.8. The van der Waals surface area contributed by atoms with Gasteiger partial charge in [-0.3, -0.25) is 5.32 Å². The molecule has 3 rings (SSSR count). The fourth-order valence-corrected chi connectivity index (χ4v) is 2.87. The third-order valence-electron chi connectivity index (χ3n) is 4.35. The quantitative estimate of drug-likeness (QED) is 0.372. The van der Waals surface area contributed by atoms with Gasteiger partial charge in [-0.05, 0) is 61.9 Å². The Hall–Kier alpha value is -3.85. The molecule has 0 bridgehead atoms. The minimum atomic E-state index is -0.663. The molecule has 1 atom stereocenters. The lowest BCUT2D eigenvalue weighted by molar-refractivity contribution is 0.190. The van der Waals surface area contributed by atoms with E-state index in [1.807, 2.05) is 0 Å². The maximum absolute atomic E-state index is 13.8. The van der Waals surface area contributed by atoms with E-state index in [1.165, 1.54) is 12.1 Å². The molecule has 0 aliphatic carbocycles. The van der Waals surface area contributed by atoms with Gasteiger partial charge in [0.1, 0.15) is 17.5 Å². The molecule has 1 aromatic carbocycles. The summed E-state index contributed by atoms with van der Waals surface area (Å²) in [7, 11) is 0. The van der Waals surface area contributed by atoms with Gasteiger partial charge in [0, 0.05) is 30.1 Å². The fraction of sp³-hybridized carbons (Fsp3) is 0.182. The highest BCUT2D eigenvalue weighted by Crippen LogP contribution is 2.32. The third kappa shape index (κ3) is 5.61. The molecule has 8 nitrogen and oxygen atoms in total. The van der Waals surface area contributed by atoms with Gasteiger partial charge in [-0.2, -0.15) is 0 Å². The Balaban J connectivity index is 1.98. The molecule has 31 heavy (non-hydrogen) atoms. The van der Waals surface area contributed by atoms with Gasteiger partial charge in [0.2, 0.25) is 0 Å². The van der Waals surface area contributed by atoms with Crippen molar-refractivity contribution in [3.8, 4) is 22.5 Å². The summed E-state index contributed by atoms with van der Waals surface area (Å²) in [5.74, 6) is 0.535. The Bertz CT molecular complexity index is 1120. The van der Waals surface area contributed by atoms with Crippen LogP contribution in [0.1, 0.15) is 18.3 Å². The molecule has 9 heteroatoms. The molecule has 0 spiro atoms. The number of benzene rings is 1. The highest BCUT2D eigenvalue weighted by molar-refractivity contribution is 5.89. The molecule has 2 heterocycles. The first-order valence-electron chi connectivity index (χ1n) is 9.60. The van der Waals surface area contributed by atoms with Gasteiger partial charge in [0.05, 0.1) is 17.5 Å². The minimum Gasteiger partial charge on any atom is -0.392 e. The van der Waals surface area contributed by atoms with Crippen molar-refractivity contribution in [2.24, 2.45) is 0 Å². The highest BCUT2D eigenvalue weighted by atomic mass is 19.1. The number of aromatic amines is 1. The predicted octanol–water partition coefficient (Wildman–Crippen LogP) is 3.75. The number of allylic oxidation sites excluding steroid dienone is 1. The number of H-pyrrole nitrogens is 1. The number of halogens is 1. The molecule has 5 N–H and O–H groups in total. The summed E-state index contributed by atoms with van der Waals surface area (Å²) in [4.78, 5) is 23.9. The molecule has 0 radical (unpaired) electrons. The summed E-state index contributed by atoms with van der Waals surface area (Å²) >= 11 is 0. The number of pyridine rings is 1. The van der Waals surface area contributed by atoms with Crippen molar-refractivity contribution in [2.45, 2.75) is 20.0 Å². The fourth-order valence-electron chi connectivity index (χ4n) is 2.87. The summed E-state index contributed by atoms with van der Waals surface area (Å²) in [6.07, 6.45) is 5.22. The number of urea groups is 1. The number of anilines is 1. The average molecular weight is 422 g/mol. The van der Waals surface area contributed by atoms with Crippen molar-refractivity contribution in [2.75, 3.05) is 11.9 Å². The minimum absolute atomic E-state index is 0.114. The number of amides is 2. The number of carbonyl (C=O) groups excluding carboxylic acids is 1. The van der Waals surface area contributed by atoms with E-state index < -0.39 is 12.1 Å². The number of carbonyl (C=O) groups is 1. The first-order valence-corrected chi connectivity index (χ1v) is 9.60. The lowest BCUT2D eigenvalue weighted by Gasteiger charge is -2.10. The van der Waals surface area contributed by atoms with Crippen molar-refractivity contribution in [3.63, 3.8) is 0 Å². The number of rotatable bonds is 7. The average Bonchev–Trinajstić information content (AvgIpc) is 3.17. The molecule has 160 valence electrons. The number of aliphatic hydroxyl groups is 1. The van der Waals surface area contributed by atoms with E-state index >= 15 is 0 Å². The molecular formula is C22H23FN6O2. The van der Waals surface area contributed by atoms with Gasteiger partial charge in [-0.1, -0.05) is 0 Å². The van der Waals surface area contributed by atoms with Crippen molar-refractivity contribution in [1.82, 2.24) is 20.3 Å². The van der Waals surface area contributed by atoms with Crippen LogP contribution >= 0.6 is 0 Å². The summed E-state index contributed by atoms with van der Waals surface area (Å²) in [6.45, 7) is 3.37. The smallest absolute Gasteiger partial charge is 0.320 e. The van der Waals surface area contributed by atoms with E-state index in [0.29, 0.717) is 34.2 Å². The van der Waals surface area contributed by atoms with E-state index in [4.69, 9.17) is 5.41 Å². The molecule has 2 aromatic heterocycles. The van der Waals surface area contributed by atoms with Crippen molar-refractivity contribution in [3.05, 3.63) is 59.8 Å². The first-order chi connectivity index (χ1) is 14.9. The normalized spacial score (nSPS) is 12.0. The van der Waals surface area contributed by atoms with Crippen LogP contribution in [0.25, 0.3) is 28.6 Å². The Kier molecular flexibility index (Phi) is 6.88. The second-order valence-electron chi connectivity index (χ2n) is 6.95. The number of aryl methyl sites for hydroxylation is 1. The number of hydrogen-bond acceptors (Lipinski definition) is 5. The standard InChI is InChI=1S/C22H23FN6O2/c1-13-10-15(5-6-17(13)23)20-21(28-18(27-20)4-3-8-24)16-7-9-25-19(11-16)29-22(31)26-12-14(2)30/h3-11,14,24,30H,12H2,1-2H3,(H,27,28)(H2,25,26,29,31)/b4-3-,24-8?. The van der Waals surface area contributed by atoms with E-state index in [2.05, 4.69) is 25.6 Å². The van der Waals surface area contributed by atoms with Gasteiger partial charge in [0.15, 0.2) is 0 Å². The Morgan fingerprint density at radius 1 is 1.32 bits per heavy atom. The van der Waals surface area contributed by atoms with Crippen LogP contribution in [0.5, 0.6) is 0 Å². The molecule has 0 saturated heterocycles. The molecule has 0 fully saturated rings. The van der Waals surface area contributed by atoms with Crippen LogP contribution in [0, 0.1) is 18.2 Å². The van der Waals surface area contributed by atoms with Crippen LogP contribution in [0.2, 0.25) is 0 Å². The number of hydrogen-bond donors (Lipinski definition) is 5. The van der Waals surface area contributed by atoms with Gasteiger partial charge in [0.25, 0.3) is 0 Å². The summed E-state index contributed by atoms with van der Waals surface area (Å²) in [6, 6.07) is 7.70. The van der Waals surface area contributed by atoms with E-state index in [-0.39, 0.29) is 12.4 Å². The monoisotopic (exact) mass is 422 g/mol. The van der Waals surface area contributed by atoms with Gasteiger partial charge in [-0.15, -0.1) is 0 Å². The largest absolute Gasteiger partial charge is 0.392 e. The Morgan fingerprint density at radius 2 is 2.13 bits per heavy atom. The maximum Gasteiger partial charge on any atom is 0.320 e. The van der Waals surface area contributed by atoms with Crippen molar-refractivity contribution >= 4 is 24.1 Å². The van der Waals surface area contributed by atoms with Crippen LogP contribution in [0.4, 0.5) is 15.0 Å². The second-order valence-corrected chi connectivity index (χ2v) is 6.95. The van der Waals surface area contributed by atoms with Crippen molar-refractivity contribution in [1.29, 1.82) is 5.41 Å². The molecule has 2 amide bonds. The number of imidazole rings is 1. The summed E-state index contributed by atoms with van der Waals surface area (Å²) in [5, 5.41) is 21.6. The van der Waals surface area contributed by atoms with E-state index in [1.54, 1.807) is 50.4 Å². The highest BCUT2D eigenvalue weighted by Gasteiger charge is 2.15. The Labute approximate surface area is 178 Å². The van der Waals surface area contributed by atoms with Gasteiger partial charge in [-0.25, -0.2) is 19.2 Å². The lowest BCUT2D eigenvalue weighted by atomic mass is 10.0. The van der Waals surface area contributed by atoms with E-state index in [9.17, 15) is 14.3 Å². The number of nitrogens with one attached hydrogen (secondary N) is 4. The summed E-state index contributed by atoms with van der Waals surface area (Å²) in [5.41, 5.74) is 3.18. The molecule has 1 unspecified atom stereocenters. The molecule has 0 saturated carbocycles. The second kappa shape index (κ2) is 9.77. The van der Waals surface area contributed by atoms with Gasteiger partial charge >= 0.3 is 6.03 Å². The topological polar surface area (TPSA) is 127 Å². The van der Waals surface area contributed by atoms with Crippen LogP contribution in [0.15, 0.2) is 42.6 Å². The third-order valence-corrected chi connectivity index (χ3v) is 4.35. The van der Waals surface area contributed by atoms with Crippen LogP contribution in [-0.2, 0) is 0 Å². The van der Waals surface area contributed by atoms with Crippen LogP contribution in [-0.4, -0.2) is 45.0 Å². The zero-order valence-electron chi connectivity index (χ0n) is 17.1.